The molecule has 10 heteroatoms. The van der Waals surface area contributed by atoms with E-state index in [9.17, 15) is 18.0 Å². The van der Waals surface area contributed by atoms with Gasteiger partial charge in [-0.25, -0.2) is 4.79 Å². The van der Waals surface area contributed by atoms with E-state index in [1.165, 1.54) is 36.7 Å². The second-order valence-electron chi connectivity index (χ2n) is 5.42. The smallest absolute Gasteiger partial charge is 0.490 e. The first-order valence-electron chi connectivity index (χ1n) is 7.59. The Morgan fingerprint density at radius 1 is 1.04 bits per heavy atom. The van der Waals surface area contributed by atoms with Gasteiger partial charge in [0.15, 0.2) is 0 Å². The fourth-order valence-electron chi connectivity index (χ4n) is 2.52. The summed E-state index contributed by atoms with van der Waals surface area (Å²) >= 11 is 0. The third-order valence-corrected chi connectivity index (χ3v) is 3.66. The summed E-state index contributed by atoms with van der Waals surface area (Å²) in [6, 6.07) is 4.95. The van der Waals surface area contributed by atoms with Crippen molar-refractivity contribution in [1.29, 1.82) is 0 Å². The van der Waals surface area contributed by atoms with Gasteiger partial charge in [-0.1, -0.05) is 4.80 Å². The standard InChI is InChI=1S/C15H15F3N4O3/c16-15(17,18)25-13-3-1-11(2-4-13)24-12-5-9-21(10-6-12)14(23)22-19-7-8-20-22/h1-4,7-8,12H,5-6,9-10H2. The molecule has 1 saturated heterocycles. The number of likely N-dealkylation sites (tertiary alicyclic amines) is 1. The molecule has 0 aliphatic carbocycles. The third kappa shape index (κ3) is 4.61. The highest BCUT2D eigenvalue weighted by atomic mass is 19.4. The predicted molar refractivity (Wildman–Crippen MR) is 79.2 cm³/mol. The first-order chi connectivity index (χ1) is 11.9. The number of piperidine rings is 1. The Hall–Kier alpha value is -2.78. The molecule has 2 heterocycles. The van der Waals surface area contributed by atoms with E-state index in [4.69, 9.17) is 4.74 Å². The molecule has 1 aromatic heterocycles. The summed E-state index contributed by atoms with van der Waals surface area (Å²) in [5.41, 5.74) is 0. The Labute approximate surface area is 140 Å². The molecule has 0 N–H and O–H groups in total. The maximum atomic E-state index is 12.1. The van der Waals surface area contributed by atoms with Crippen LogP contribution in [0.5, 0.6) is 11.5 Å². The van der Waals surface area contributed by atoms with E-state index in [0.717, 1.165) is 4.80 Å². The molecule has 134 valence electrons. The lowest BCUT2D eigenvalue weighted by atomic mass is 10.1. The average molecular weight is 356 g/mol. The third-order valence-electron chi connectivity index (χ3n) is 3.66. The van der Waals surface area contributed by atoms with Gasteiger partial charge in [-0.05, 0) is 24.3 Å². The molecular formula is C15H15F3N4O3. The van der Waals surface area contributed by atoms with Gasteiger partial charge < -0.3 is 14.4 Å². The largest absolute Gasteiger partial charge is 0.573 e. The first-order valence-corrected chi connectivity index (χ1v) is 7.59. The number of hydrogen-bond donors (Lipinski definition) is 0. The molecule has 3 rings (SSSR count). The molecule has 7 nitrogen and oxygen atoms in total. The van der Waals surface area contributed by atoms with Gasteiger partial charge in [-0.2, -0.15) is 10.2 Å². The number of halogens is 3. The van der Waals surface area contributed by atoms with E-state index in [0.29, 0.717) is 31.7 Å². The molecule has 0 radical (unpaired) electrons. The summed E-state index contributed by atoms with van der Waals surface area (Å²) in [7, 11) is 0. The highest BCUT2D eigenvalue weighted by Crippen LogP contribution is 2.26. The van der Waals surface area contributed by atoms with Crippen LogP contribution in [-0.4, -0.2) is 51.5 Å². The van der Waals surface area contributed by atoms with Gasteiger partial charge in [-0.3, -0.25) is 0 Å². The number of amides is 1. The SMILES string of the molecule is O=C(N1CCC(Oc2ccc(OC(F)(F)F)cc2)CC1)n1nccn1. The second-order valence-corrected chi connectivity index (χ2v) is 5.42. The predicted octanol–water partition coefficient (Wildman–Crippen LogP) is 2.69. The van der Waals surface area contributed by atoms with Crippen molar-refractivity contribution in [1.82, 2.24) is 19.9 Å². The molecule has 1 aliphatic heterocycles. The molecule has 0 spiro atoms. The number of ether oxygens (including phenoxy) is 2. The van der Waals surface area contributed by atoms with Crippen molar-refractivity contribution in [3.63, 3.8) is 0 Å². The molecule has 0 atom stereocenters. The second kappa shape index (κ2) is 6.99. The molecule has 1 aliphatic rings. The number of benzene rings is 1. The van der Waals surface area contributed by atoms with E-state index in [2.05, 4.69) is 14.9 Å². The fraction of sp³-hybridized carbons (Fsp3) is 0.400. The van der Waals surface area contributed by atoms with Crippen molar-refractivity contribution in [2.45, 2.75) is 25.3 Å². The first kappa shape index (κ1) is 17.1. The quantitative estimate of drug-likeness (QED) is 0.846. The summed E-state index contributed by atoms with van der Waals surface area (Å²) in [6.45, 7) is 0.973. The zero-order chi connectivity index (χ0) is 17.9. The van der Waals surface area contributed by atoms with Gasteiger partial charge in [0.2, 0.25) is 0 Å². The number of nitrogens with zero attached hydrogens (tertiary/aromatic N) is 4. The van der Waals surface area contributed by atoms with Gasteiger partial charge in [0.1, 0.15) is 17.6 Å². The Morgan fingerprint density at radius 3 is 2.16 bits per heavy atom. The van der Waals surface area contributed by atoms with Gasteiger partial charge in [0.05, 0.1) is 12.4 Å². The van der Waals surface area contributed by atoms with E-state index < -0.39 is 6.36 Å². The number of carbonyl (C=O) groups is 1. The Morgan fingerprint density at radius 2 is 1.60 bits per heavy atom. The van der Waals surface area contributed by atoms with E-state index >= 15 is 0 Å². The van der Waals surface area contributed by atoms with Crippen molar-refractivity contribution in [2.24, 2.45) is 0 Å². The van der Waals surface area contributed by atoms with Gasteiger partial charge in [0, 0.05) is 25.9 Å². The topological polar surface area (TPSA) is 69.5 Å². The van der Waals surface area contributed by atoms with Gasteiger partial charge in [-0.15, -0.1) is 13.2 Å². The number of aromatic nitrogens is 3. The fourth-order valence-corrected chi connectivity index (χ4v) is 2.52. The highest BCUT2D eigenvalue weighted by molar-refractivity contribution is 5.74. The number of alkyl halides is 3. The molecule has 1 amide bonds. The molecule has 1 aromatic carbocycles. The minimum absolute atomic E-state index is 0.121. The van der Waals surface area contributed by atoms with Crippen LogP contribution in [0, 0.1) is 0 Å². The molecule has 1 fully saturated rings. The lowest BCUT2D eigenvalue weighted by Crippen LogP contribution is -2.44. The van der Waals surface area contributed by atoms with Crippen LogP contribution in [0.15, 0.2) is 36.7 Å². The molecular weight excluding hydrogens is 341 g/mol. The number of rotatable bonds is 3. The van der Waals surface area contributed by atoms with Crippen LogP contribution in [0.25, 0.3) is 0 Å². The number of carbonyl (C=O) groups excluding carboxylic acids is 1. The zero-order valence-corrected chi connectivity index (χ0v) is 13.0. The Balaban J connectivity index is 1.50. The monoisotopic (exact) mass is 356 g/mol. The van der Waals surface area contributed by atoms with Crippen LogP contribution >= 0.6 is 0 Å². The normalized spacial score (nSPS) is 15.9. The molecule has 0 saturated carbocycles. The summed E-state index contributed by atoms with van der Waals surface area (Å²) in [5, 5.41) is 7.61. The van der Waals surface area contributed by atoms with Crippen LogP contribution in [0.4, 0.5) is 18.0 Å². The van der Waals surface area contributed by atoms with Crippen molar-refractivity contribution in [3.05, 3.63) is 36.7 Å². The molecule has 0 bridgehead atoms. The summed E-state index contributed by atoms with van der Waals surface area (Å²) in [5.74, 6) is 0.153. The minimum atomic E-state index is -4.72. The van der Waals surface area contributed by atoms with E-state index in [1.807, 2.05) is 0 Å². The zero-order valence-electron chi connectivity index (χ0n) is 13.0. The maximum absolute atomic E-state index is 12.1. The van der Waals surface area contributed by atoms with Gasteiger partial charge in [0.25, 0.3) is 0 Å². The van der Waals surface area contributed by atoms with Crippen molar-refractivity contribution in [2.75, 3.05) is 13.1 Å². The van der Waals surface area contributed by atoms with Crippen LogP contribution in [0.2, 0.25) is 0 Å². The lowest BCUT2D eigenvalue weighted by Gasteiger charge is -2.31. The molecule has 2 aromatic rings. The molecule has 25 heavy (non-hydrogen) atoms. The minimum Gasteiger partial charge on any atom is -0.490 e. The Bertz CT molecular complexity index is 696. The van der Waals surface area contributed by atoms with Crippen molar-refractivity contribution < 1.29 is 27.4 Å². The number of hydrogen-bond acceptors (Lipinski definition) is 5. The van der Waals surface area contributed by atoms with E-state index in [-0.39, 0.29) is 17.9 Å². The highest BCUT2D eigenvalue weighted by Gasteiger charge is 2.31. The maximum Gasteiger partial charge on any atom is 0.573 e. The van der Waals surface area contributed by atoms with Crippen LogP contribution in [0.3, 0.4) is 0 Å². The van der Waals surface area contributed by atoms with Crippen LogP contribution in [0.1, 0.15) is 12.8 Å². The van der Waals surface area contributed by atoms with E-state index in [1.54, 1.807) is 4.90 Å². The Kier molecular flexibility index (Phi) is 4.77. The average Bonchev–Trinajstić information content (AvgIpc) is 3.10. The summed E-state index contributed by atoms with van der Waals surface area (Å²) in [6.07, 6.45) is -0.767. The van der Waals surface area contributed by atoms with Crippen molar-refractivity contribution >= 4 is 6.03 Å². The van der Waals surface area contributed by atoms with Crippen LogP contribution in [-0.2, 0) is 0 Å². The summed E-state index contributed by atoms with van der Waals surface area (Å²) < 4.78 is 45.9. The van der Waals surface area contributed by atoms with Crippen molar-refractivity contribution in [3.8, 4) is 11.5 Å². The van der Waals surface area contributed by atoms with Crippen LogP contribution < -0.4 is 9.47 Å². The summed E-state index contributed by atoms with van der Waals surface area (Å²) in [4.78, 5) is 14.7. The molecule has 0 unspecified atom stereocenters. The lowest BCUT2D eigenvalue weighted by molar-refractivity contribution is -0.274. The van der Waals surface area contributed by atoms with Gasteiger partial charge >= 0.3 is 12.4 Å².